The average Bonchev–Trinajstić information content (AvgIpc) is 3.67. The summed E-state index contributed by atoms with van der Waals surface area (Å²) in [7, 11) is 0. The molecule has 3 heterocycles. The van der Waals surface area contributed by atoms with Crippen LogP contribution in [0.25, 0.3) is 10.8 Å². The summed E-state index contributed by atoms with van der Waals surface area (Å²) >= 11 is 0. The number of ketones is 1. The minimum absolute atomic E-state index is 0.00158. The van der Waals surface area contributed by atoms with Gasteiger partial charge in [0.2, 0.25) is 29.5 Å². The first-order valence-corrected chi connectivity index (χ1v) is 20.7. The van der Waals surface area contributed by atoms with Crippen molar-refractivity contribution in [1.82, 2.24) is 36.4 Å². The lowest BCUT2D eigenvalue weighted by Gasteiger charge is -2.40. The van der Waals surface area contributed by atoms with Gasteiger partial charge in [0.05, 0.1) is 31.7 Å². The van der Waals surface area contributed by atoms with Crippen molar-refractivity contribution < 1.29 is 38.4 Å². The van der Waals surface area contributed by atoms with Crippen LogP contribution in [0.1, 0.15) is 86.6 Å². The van der Waals surface area contributed by atoms with Crippen molar-refractivity contribution in [2.24, 2.45) is 11.8 Å². The molecule has 6 rings (SSSR count). The fourth-order valence-electron chi connectivity index (χ4n) is 8.43. The summed E-state index contributed by atoms with van der Waals surface area (Å²) in [4.78, 5) is 115. The lowest BCUT2D eigenvalue weighted by atomic mass is 9.91. The highest BCUT2D eigenvalue weighted by atomic mass is 16.2. The highest BCUT2D eigenvalue weighted by molar-refractivity contribution is 6.25. The summed E-state index contributed by atoms with van der Waals surface area (Å²) in [6.07, 6.45) is 0.843. The van der Waals surface area contributed by atoms with Crippen LogP contribution in [0.15, 0.2) is 66.7 Å². The summed E-state index contributed by atoms with van der Waals surface area (Å²) in [5.41, 5.74) is 0.536. The third-order valence-electron chi connectivity index (χ3n) is 11.1. The molecule has 0 bridgehead atoms. The molecule has 7 amide bonds. The molecule has 0 aromatic heterocycles. The Morgan fingerprint density at radius 1 is 0.800 bits per heavy atom. The Morgan fingerprint density at radius 2 is 1.45 bits per heavy atom. The van der Waals surface area contributed by atoms with Crippen LogP contribution in [0.2, 0.25) is 0 Å². The third kappa shape index (κ3) is 10.2. The second-order valence-electron chi connectivity index (χ2n) is 17.4. The molecule has 0 aliphatic carbocycles. The lowest BCUT2D eigenvalue weighted by Crippen LogP contribution is -2.66. The fraction of sp³-hybridized carbons (Fsp3) is 0.467. The normalized spacial score (nSPS) is 23.9. The van der Waals surface area contributed by atoms with Crippen molar-refractivity contribution in [3.63, 3.8) is 0 Å². The van der Waals surface area contributed by atoms with E-state index in [1.54, 1.807) is 62.1 Å². The molecule has 2 fully saturated rings. The van der Waals surface area contributed by atoms with Crippen molar-refractivity contribution >= 4 is 57.9 Å². The van der Waals surface area contributed by atoms with E-state index in [1.165, 1.54) is 0 Å². The van der Waals surface area contributed by atoms with E-state index in [1.807, 2.05) is 44.2 Å². The van der Waals surface area contributed by atoms with Crippen LogP contribution in [0.4, 0.5) is 0 Å². The van der Waals surface area contributed by atoms with Crippen molar-refractivity contribution in [2.45, 2.75) is 96.4 Å². The molecule has 3 aromatic carbocycles. The lowest BCUT2D eigenvalue weighted by molar-refractivity contribution is -0.136. The van der Waals surface area contributed by atoms with Crippen LogP contribution in [-0.4, -0.2) is 113 Å². The van der Waals surface area contributed by atoms with Gasteiger partial charge < -0.3 is 26.6 Å². The number of Topliss-reactive ketones (excluding diaryl/α,β-unsaturated/α-hetero) is 1. The minimum Gasteiger partial charge on any atom is -0.350 e. The number of fused-ring (bicyclic) bond motifs is 1. The number of imide groups is 1. The molecule has 15 nitrogen and oxygen atoms in total. The maximum absolute atomic E-state index is 14.8. The molecule has 0 saturated carbocycles. The summed E-state index contributed by atoms with van der Waals surface area (Å²) in [5, 5.41) is 15.2. The summed E-state index contributed by atoms with van der Waals surface area (Å²) in [6, 6.07) is 14.8. The molecule has 3 aliphatic rings. The predicted molar refractivity (Wildman–Crippen MR) is 223 cm³/mol. The largest absolute Gasteiger partial charge is 0.350 e. The highest BCUT2D eigenvalue weighted by Gasteiger charge is 2.46. The van der Waals surface area contributed by atoms with E-state index in [9.17, 15) is 38.4 Å². The van der Waals surface area contributed by atoms with Crippen molar-refractivity contribution in [1.29, 1.82) is 0 Å². The number of nitrogens with zero attached hydrogens (tertiary/aromatic N) is 2. The van der Waals surface area contributed by atoms with Crippen molar-refractivity contribution in [2.75, 3.05) is 26.2 Å². The molecule has 0 unspecified atom stereocenters. The average molecular weight is 822 g/mol. The molecule has 2 saturated heterocycles. The van der Waals surface area contributed by atoms with E-state index in [0.29, 0.717) is 23.6 Å². The van der Waals surface area contributed by atoms with Crippen LogP contribution >= 0.6 is 0 Å². The number of hydrogen-bond acceptors (Lipinski definition) is 9. The number of benzene rings is 3. The van der Waals surface area contributed by atoms with Crippen LogP contribution < -0.4 is 26.6 Å². The van der Waals surface area contributed by atoms with Gasteiger partial charge >= 0.3 is 0 Å². The monoisotopic (exact) mass is 821 g/mol. The number of nitrogens with one attached hydrogen (secondary N) is 5. The second kappa shape index (κ2) is 18.5. The van der Waals surface area contributed by atoms with E-state index < -0.39 is 102 Å². The van der Waals surface area contributed by atoms with E-state index in [0.717, 1.165) is 10.5 Å². The van der Waals surface area contributed by atoms with Gasteiger partial charge in [0, 0.05) is 34.4 Å². The van der Waals surface area contributed by atoms with Gasteiger partial charge in [-0.2, -0.15) is 0 Å². The number of carbonyl (C=O) groups is 8. The van der Waals surface area contributed by atoms with E-state index in [4.69, 9.17) is 0 Å². The minimum atomic E-state index is -1.31. The standard InChI is InChI=1S/C45H55N7O8/c1-26(2)20-33-40(56)46-23-30(53)22-29(21-27-12-7-6-8-13-27)39(55)49-34(25-52-43(59)31-16-9-14-28-15-10-17-32(37(28)31)44(52)60)38(42(58)50-45(3,4)5)51-19-11-18-35(51)41(57)47-24-36(54)48-33/h6-10,12-17,26,29,33-35,38H,11,18-25H2,1-5H3,(H,46,56)(H,47,57)(H,48,54)(H,49,55)(H,50,58)/t29-,33+,34+,35+,38-/m1/s1. The third-order valence-corrected chi connectivity index (χ3v) is 11.1. The van der Waals surface area contributed by atoms with Crippen LogP contribution in [0, 0.1) is 11.8 Å². The zero-order valence-electron chi connectivity index (χ0n) is 34.8. The molecular weight excluding hydrogens is 767 g/mol. The van der Waals surface area contributed by atoms with Gasteiger partial charge in [0.15, 0.2) is 5.78 Å². The van der Waals surface area contributed by atoms with Crippen molar-refractivity contribution in [3.05, 3.63) is 83.4 Å². The summed E-state index contributed by atoms with van der Waals surface area (Å²) < 4.78 is 0. The van der Waals surface area contributed by atoms with Crippen LogP contribution in [-0.2, 0) is 35.2 Å². The van der Waals surface area contributed by atoms with Gasteiger partial charge in [-0.15, -0.1) is 0 Å². The molecule has 15 heteroatoms. The summed E-state index contributed by atoms with van der Waals surface area (Å²) in [5.74, 6) is -5.63. The molecule has 0 radical (unpaired) electrons. The second-order valence-corrected chi connectivity index (χ2v) is 17.4. The number of rotatable bonds is 7. The zero-order chi connectivity index (χ0) is 43.3. The van der Waals surface area contributed by atoms with Crippen molar-refractivity contribution in [3.8, 4) is 0 Å². The quantitative estimate of drug-likeness (QED) is 0.222. The van der Waals surface area contributed by atoms with Gasteiger partial charge in [0.25, 0.3) is 11.8 Å². The summed E-state index contributed by atoms with van der Waals surface area (Å²) in [6.45, 7) is 8.01. The molecule has 0 spiro atoms. The van der Waals surface area contributed by atoms with E-state index in [2.05, 4.69) is 26.6 Å². The topological polar surface area (TPSA) is 203 Å². The number of carbonyl (C=O) groups excluding carboxylic acids is 8. The van der Waals surface area contributed by atoms with E-state index in [-0.39, 0.29) is 42.9 Å². The number of amides is 7. The zero-order valence-corrected chi connectivity index (χ0v) is 34.8. The SMILES string of the molecule is CC(C)C[C@@H]1NC(=O)CNC(=O)[C@@H]2CCCN2[C@@H](C(=O)NC(C)(C)C)[C@H](CN2C(=O)c3cccc4cccc(c34)C2=O)NC(=O)[C@H](Cc2ccccc2)CC(=O)CNC1=O. The Morgan fingerprint density at radius 3 is 2.08 bits per heavy atom. The van der Waals surface area contributed by atoms with Gasteiger partial charge in [0.1, 0.15) is 12.1 Å². The van der Waals surface area contributed by atoms with Crippen LogP contribution in [0.5, 0.6) is 0 Å². The maximum atomic E-state index is 14.8. The van der Waals surface area contributed by atoms with Gasteiger partial charge in [-0.3, -0.25) is 48.2 Å². The van der Waals surface area contributed by atoms with E-state index >= 15 is 0 Å². The molecule has 5 N–H and O–H groups in total. The van der Waals surface area contributed by atoms with Gasteiger partial charge in [-0.1, -0.05) is 68.4 Å². The highest BCUT2D eigenvalue weighted by Crippen LogP contribution is 2.31. The smallest absolute Gasteiger partial charge is 0.261 e. The Bertz CT molecular complexity index is 2120. The number of hydrogen-bond donors (Lipinski definition) is 5. The fourth-order valence-corrected chi connectivity index (χ4v) is 8.43. The molecular formula is C45H55N7O8. The first-order chi connectivity index (χ1) is 28.5. The molecule has 3 aromatic rings. The van der Waals surface area contributed by atoms with Gasteiger partial charge in [-0.25, -0.2) is 0 Å². The maximum Gasteiger partial charge on any atom is 0.261 e. The Kier molecular flexibility index (Phi) is 13.5. The predicted octanol–water partition coefficient (Wildman–Crippen LogP) is 2.26. The van der Waals surface area contributed by atoms with Crippen LogP contribution in [0.3, 0.4) is 0 Å². The Hall–Kier alpha value is -5.96. The Labute approximate surface area is 349 Å². The first-order valence-electron chi connectivity index (χ1n) is 20.7. The Balaban J connectivity index is 1.44. The first kappa shape index (κ1) is 43.6. The molecule has 60 heavy (non-hydrogen) atoms. The van der Waals surface area contributed by atoms with Gasteiger partial charge in [-0.05, 0) is 82.0 Å². The molecule has 5 atom stereocenters. The molecule has 3 aliphatic heterocycles. The molecule has 318 valence electrons.